The maximum absolute atomic E-state index is 14.7. The van der Waals surface area contributed by atoms with Gasteiger partial charge in [0.1, 0.15) is 10.6 Å². The minimum atomic E-state index is -3.95. The summed E-state index contributed by atoms with van der Waals surface area (Å²) in [4.78, 5) is 11.7. The van der Waals surface area contributed by atoms with Gasteiger partial charge in [0.15, 0.2) is 27.3 Å². The highest BCUT2D eigenvalue weighted by Gasteiger charge is 2.31. The van der Waals surface area contributed by atoms with Crippen molar-refractivity contribution in [2.24, 2.45) is 12.5 Å². The monoisotopic (exact) mass is 388 g/mol. The van der Waals surface area contributed by atoms with Crippen molar-refractivity contribution in [1.29, 1.82) is 0 Å². The summed E-state index contributed by atoms with van der Waals surface area (Å²) in [5.41, 5.74) is -1.22. The maximum atomic E-state index is 14.7. The van der Waals surface area contributed by atoms with Gasteiger partial charge in [-0.2, -0.15) is 0 Å². The Balaban J connectivity index is 2.37. The number of aryl methyl sites for hydroxylation is 1. The van der Waals surface area contributed by atoms with E-state index in [1.54, 1.807) is 20.8 Å². The van der Waals surface area contributed by atoms with Gasteiger partial charge in [-0.25, -0.2) is 21.6 Å². The molecule has 0 aliphatic carbocycles. The summed E-state index contributed by atoms with van der Waals surface area (Å²) in [5, 5.41) is 2.22. The molecule has 1 amide bonds. The smallest absolute Gasteiger partial charge is 0.275 e. The SMILES string of the molecule is Cn1cc(S(=O)(=O)CC(C)(C)C)c(F)c1C(=O)Nc1ccc(F)c(F)c1. The zero-order valence-electron chi connectivity index (χ0n) is 14.7. The molecule has 1 heterocycles. The number of carbonyl (C=O) groups is 1. The molecular weight excluding hydrogens is 369 g/mol. The number of rotatable bonds is 4. The van der Waals surface area contributed by atoms with Crippen LogP contribution in [0.1, 0.15) is 31.3 Å². The molecule has 0 atom stereocenters. The lowest BCUT2D eigenvalue weighted by molar-refractivity contribution is 0.101. The van der Waals surface area contributed by atoms with Crippen LogP contribution >= 0.6 is 0 Å². The molecule has 0 spiro atoms. The molecule has 0 unspecified atom stereocenters. The van der Waals surface area contributed by atoms with Crippen molar-refractivity contribution < 1.29 is 26.4 Å². The van der Waals surface area contributed by atoms with Crippen molar-refractivity contribution in [3.8, 4) is 0 Å². The molecule has 0 aliphatic rings. The van der Waals surface area contributed by atoms with Crippen LogP contribution in [0.15, 0.2) is 29.3 Å². The van der Waals surface area contributed by atoms with Crippen molar-refractivity contribution in [2.45, 2.75) is 25.7 Å². The molecule has 0 saturated carbocycles. The fourth-order valence-corrected chi connectivity index (χ4v) is 4.44. The van der Waals surface area contributed by atoms with E-state index in [2.05, 4.69) is 5.32 Å². The van der Waals surface area contributed by atoms with E-state index < -0.39 is 49.2 Å². The zero-order valence-corrected chi connectivity index (χ0v) is 15.5. The van der Waals surface area contributed by atoms with Crippen LogP contribution < -0.4 is 5.32 Å². The Kier molecular flexibility index (Phi) is 5.23. The Morgan fingerprint density at radius 2 is 1.77 bits per heavy atom. The number of aromatic nitrogens is 1. The predicted molar refractivity (Wildman–Crippen MR) is 91.2 cm³/mol. The number of carbonyl (C=O) groups excluding carboxylic acids is 1. The van der Waals surface area contributed by atoms with Gasteiger partial charge in [-0.05, 0) is 17.5 Å². The average Bonchev–Trinajstić information content (AvgIpc) is 2.76. The van der Waals surface area contributed by atoms with E-state index in [4.69, 9.17) is 0 Å². The van der Waals surface area contributed by atoms with Crippen LogP contribution in [0.3, 0.4) is 0 Å². The number of benzene rings is 1. The molecule has 142 valence electrons. The van der Waals surface area contributed by atoms with Crippen LogP contribution in [0.5, 0.6) is 0 Å². The minimum Gasteiger partial charge on any atom is -0.343 e. The quantitative estimate of drug-likeness (QED) is 0.872. The van der Waals surface area contributed by atoms with Crippen LogP contribution in [0.2, 0.25) is 0 Å². The fourth-order valence-electron chi connectivity index (χ4n) is 2.46. The molecular formula is C17H19F3N2O3S. The zero-order chi connectivity index (χ0) is 19.9. The Morgan fingerprint density at radius 3 is 2.31 bits per heavy atom. The van der Waals surface area contributed by atoms with Crippen LogP contribution in [-0.4, -0.2) is 24.6 Å². The molecule has 2 rings (SSSR count). The fraction of sp³-hybridized carbons (Fsp3) is 0.353. The van der Waals surface area contributed by atoms with E-state index in [1.807, 2.05) is 0 Å². The second-order valence-electron chi connectivity index (χ2n) is 7.17. The number of sulfone groups is 1. The molecule has 1 aromatic heterocycles. The molecule has 0 bridgehead atoms. The summed E-state index contributed by atoms with van der Waals surface area (Å²) < 4.78 is 66.7. The predicted octanol–water partition coefficient (Wildman–Crippen LogP) is 3.51. The lowest BCUT2D eigenvalue weighted by Crippen LogP contribution is -2.21. The van der Waals surface area contributed by atoms with Crippen LogP contribution in [-0.2, 0) is 16.9 Å². The lowest BCUT2D eigenvalue weighted by Gasteiger charge is -2.17. The molecule has 0 radical (unpaired) electrons. The van der Waals surface area contributed by atoms with Gasteiger partial charge in [0.2, 0.25) is 0 Å². The van der Waals surface area contributed by atoms with Crippen LogP contribution in [0.4, 0.5) is 18.9 Å². The van der Waals surface area contributed by atoms with E-state index in [-0.39, 0.29) is 11.4 Å². The maximum Gasteiger partial charge on any atom is 0.275 e. The first-order valence-corrected chi connectivity index (χ1v) is 9.31. The second-order valence-corrected chi connectivity index (χ2v) is 9.13. The molecule has 26 heavy (non-hydrogen) atoms. The number of hydrogen-bond acceptors (Lipinski definition) is 3. The Morgan fingerprint density at radius 1 is 1.15 bits per heavy atom. The van der Waals surface area contributed by atoms with Gasteiger partial charge >= 0.3 is 0 Å². The van der Waals surface area contributed by atoms with E-state index in [9.17, 15) is 26.4 Å². The summed E-state index contributed by atoms with van der Waals surface area (Å²) in [6.07, 6.45) is 1.02. The third kappa shape index (κ3) is 4.27. The third-order valence-corrected chi connectivity index (χ3v) is 5.64. The topological polar surface area (TPSA) is 68.2 Å². The third-order valence-electron chi connectivity index (χ3n) is 3.44. The van der Waals surface area contributed by atoms with Crippen molar-refractivity contribution in [3.05, 3.63) is 47.5 Å². The molecule has 1 aromatic carbocycles. The van der Waals surface area contributed by atoms with Crippen LogP contribution in [0.25, 0.3) is 0 Å². The van der Waals surface area contributed by atoms with Crippen molar-refractivity contribution in [3.63, 3.8) is 0 Å². The van der Waals surface area contributed by atoms with Gasteiger partial charge in [0, 0.05) is 25.0 Å². The molecule has 0 fully saturated rings. The summed E-state index contributed by atoms with van der Waals surface area (Å²) in [6, 6.07) is 2.66. The summed E-state index contributed by atoms with van der Waals surface area (Å²) in [7, 11) is -2.64. The van der Waals surface area contributed by atoms with Gasteiger partial charge in [0.25, 0.3) is 5.91 Å². The van der Waals surface area contributed by atoms with E-state index in [0.29, 0.717) is 0 Å². The molecule has 2 aromatic rings. The van der Waals surface area contributed by atoms with Gasteiger partial charge in [0.05, 0.1) is 5.75 Å². The number of nitrogens with one attached hydrogen (secondary N) is 1. The first kappa shape index (κ1) is 20.0. The van der Waals surface area contributed by atoms with Gasteiger partial charge in [-0.1, -0.05) is 20.8 Å². The van der Waals surface area contributed by atoms with E-state index in [0.717, 1.165) is 29.0 Å². The highest BCUT2D eigenvalue weighted by atomic mass is 32.2. The van der Waals surface area contributed by atoms with Gasteiger partial charge < -0.3 is 9.88 Å². The molecule has 0 aliphatic heterocycles. The van der Waals surface area contributed by atoms with Crippen molar-refractivity contribution in [1.82, 2.24) is 4.57 Å². The molecule has 0 saturated heterocycles. The largest absolute Gasteiger partial charge is 0.343 e. The Labute approximate surface area is 149 Å². The van der Waals surface area contributed by atoms with E-state index >= 15 is 0 Å². The number of anilines is 1. The van der Waals surface area contributed by atoms with E-state index in [1.165, 1.54) is 7.05 Å². The number of halogens is 3. The summed E-state index contributed by atoms with van der Waals surface area (Å²) >= 11 is 0. The number of nitrogens with zero attached hydrogens (tertiary/aromatic N) is 1. The first-order chi connectivity index (χ1) is 11.8. The minimum absolute atomic E-state index is 0.0893. The molecule has 5 nitrogen and oxygen atoms in total. The standard InChI is InChI=1S/C17H19F3N2O3S/c1-17(2,3)9-26(24,25)13-8-22(4)15(14(13)20)16(23)21-10-5-6-11(18)12(19)7-10/h5-8H,9H2,1-4H3,(H,21,23). The molecule has 9 heteroatoms. The van der Waals surface area contributed by atoms with Gasteiger partial charge in [-0.3, -0.25) is 4.79 Å². The highest BCUT2D eigenvalue weighted by Crippen LogP contribution is 2.27. The lowest BCUT2D eigenvalue weighted by atomic mass is 10.0. The summed E-state index contributed by atoms with van der Waals surface area (Å²) in [5.74, 6) is -4.73. The Bertz CT molecular complexity index is 960. The number of hydrogen-bond donors (Lipinski definition) is 1. The Hall–Kier alpha value is -2.29. The summed E-state index contributed by atoms with van der Waals surface area (Å²) in [6.45, 7) is 5.09. The van der Waals surface area contributed by atoms with Gasteiger partial charge in [-0.15, -0.1) is 0 Å². The van der Waals surface area contributed by atoms with Crippen LogP contribution in [0, 0.1) is 22.9 Å². The van der Waals surface area contributed by atoms with Crippen molar-refractivity contribution >= 4 is 21.4 Å². The average molecular weight is 388 g/mol. The second kappa shape index (κ2) is 6.79. The number of amides is 1. The van der Waals surface area contributed by atoms with Crippen molar-refractivity contribution in [2.75, 3.05) is 11.1 Å². The molecule has 1 N–H and O–H groups in total. The normalized spacial score (nSPS) is 12.3. The first-order valence-electron chi connectivity index (χ1n) is 7.66. The highest BCUT2D eigenvalue weighted by molar-refractivity contribution is 7.91.